The van der Waals surface area contributed by atoms with Crippen molar-refractivity contribution >= 4 is 0 Å². The number of unbranched alkanes of at least 4 members (excludes halogenated alkanes) is 1. The van der Waals surface area contributed by atoms with Crippen LogP contribution in [-0.4, -0.2) is 30.8 Å². The molecule has 13 heavy (non-hydrogen) atoms. The predicted molar refractivity (Wildman–Crippen MR) is 55.7 cm³/mol. The molecule has 1 fully saturated rings. The Bertz CT molecular complexity index is 149. The topological polar surface area (TPSA) is 12.5 Å². The molecule has 0 N–H and O–H groups in total. The highest BCUT2D eigenvalue weighted by molar-refractivity contribution is 4.80. The average molecular weight is 185 g/mol. The first-order chi connectivity index (χ1) is 6.23. The van der Waals surface area contributed by atoms with Gasteiger partial charge in [-0.1, -0.05) is 13.3 Å². The number of ether oxygens (including phenoxy) is 1. The molecule has 0 radical (unpaired) electrons. The van der Waals surface area contributed by atoms with Crippen LogP contribution in [0.2, 0.25) is 0 Å². The van der Waals surface area contributed by atoms with Crippen molar-refractivity contribution < 1.29 is 4.74 Å². The maximum atomic E-state index is 5.61. The maximum Gasteiger partial charge on any atom is 0.118 e. The van der Waals surface area contributed by atoms with E-state index in [1.807, 2.05) is 7.11 Å². The van der Waals surface area contributed by atoms with Gasteiger partial charge >= 0.3 is 0 Å². The van der Waals surface area contributed by atoms with Crippen LogP contribution in [0.25, 0.3) is 0 Å². The van der Waals surface area contributed by atoms with Crippen molar-refractivity contribution in [3.8, 4) is 0 Å². The molecule has 1 aliphatic heterocycles. The minimum Gasteiger partial charge on any atom is -0.364 e. The summed E-state index contributed by atoms with van der Waals surface area (Å²) in [5.74, 6) is 0. The standard InChI is InChI=1S/C11H23NO/c1-4-5-9-12-10-7-6-8-11(12,2)13-3/h4-10H2,1-3H3. The molecule has 78 valence electrons. The van der Waals surface area contributed by atoms with Gasteiger partial charge in [-0.25, -0.2) is 0 Å². The van der Waals surface area contributed by atoms with Gasteiger partial charge in [0.1, 0.15) is 5.72 Å². The van der Waals surface area contributed by atoms with Gasteiger partial charge in [-0.3, -0.25) is 4.90 Å². The van der Waals surface area contributed by atoms with Gasteiger partial charge in [-0.05, 0) is 32.6 Å². The minimum atomic E-state index is 0.0212. The zero-order valence-electron chi connectivity index (χ0n) is 9.31. The molecular weight excluding hydrogens is 162 g/mol. The first-order valence-corrected chi connectivity index (χ1v) is 5.53. The summed E-state index contributed by atoms with van der Waals surface area (Å²) in [6.07, 6.45) is 6.40. The molecule has 1 heterocycles. The summed E-state index contributed by atoms with van der Waals surface area (Å²) in [5.41, 5.74) is 0.0212. The van der Waals surface area contributed by atoms with Crippen molar-refractivity contribution in [1.29, 1.82) is 0 Å². The highest BCUT2D eigenvalue weighted by Gasteiger charge is 2.33. The summed E-state index contributed by atoms with van der Waals surface area (Å²) in [6.45, 7) is 6.88. The van der Waals surface area contributed by atoms with E-state index in [-0.39, 0.29) is 5.72 Å². The number of likely N-dealkylation sites (tertiary alicyclic amines) is 1. The second-order valence-electron chi connectivity index (χ2n) is 4.18. The Morgan fingerprint density at radius 2 is 2.15 bits per heavy atom. The van der Waals surface area contributed by atoms with Crippen LogP contribution in [0.3, 0.4) is 0 Å². The number of nitrogens with zero attached hydrogens (tertiary/aromatic N) is 1. The van der Waals surface area contributed by atoms with Crippen LogP contribution in [-0.2, 0) is 4.74 Å². The van der Waals surface area contributed by atoms with E-state index in [1.54, 1.807) is 0 Å². The Hall–Kier alpha value is -0.0800. The molecule has 2 nitrogen and oxygen atoms in total. The van der Waals surface area contributed by atoms with Crippen LogP contribution in [0.1, 0.15) is 46.0 Å². The van der Waals surface area contributed by atoms with Crippen molar-refractivity contribution in [2.24, 2.45) is 0 Å². The van der Waals surface area contributed by atoms with E-state index in [1.165, 1.54) is 45.2 Å². The Morgan fingerprint density at radius 1 is 1.38 bits per heavy atom. The molecular formula is C11H23NO. The zero-order valence-corrected chi connectivity index (χ0v) is 9.31. The number of piperidine rings is 1. The SMILES string of the molecule is CCCCN1CCCCC1(C)OC. The molecule has 0 bridgehead atoms. The lowest BCUT2D eigenvalue weighted by Gasteiger charge is -2.43. The first-order valence-electron chi connectivity index (χ1n) is 5.53. The van der Waals surface area contributed by atoms with Crippen molar-refractivity contribution in [2.75, 3.05) is 20.2 Å². The van der Waals surface area contributed by atoms with Crippen LogP contribution >= 0.6 is 0 Å². The fourth-order valence-electron chi connectivity index (χ4n) is 2.08. The molecule has 0 aliphatic carbocycles. The van der Waals surface area contributed by atoms with E-state index < -0.39 is 0 Å². The molecule has 2 heteroatoms. The summed E-state index contributed by atoms with van der Waals surface area (Å²) >= 11 is 0. The molecule has 0 amide bonds. The van der Waals surface area contributed by atoms with Crippen LogP contribution in [0.5, 0.6) is 0 Å². The molecule has 0 spiro atoms. The van der Waals surface area contributed by atoms with Gasteiger partial charge in [0.05, 0.1) is 0 Å². The second kappa shape index (κ2) is 4.97. The molecule has 0 aromatic carbocycles. The molecule has 1 atom stereocenters. The van der Waals surface area contributed by atoms with Crippen molar-refractivity contribution in [1.82, 2.24) is 4.90 Å². The highest BCUT2D eigenvalue weighted by Crippen LogP contribution is 2.28. The summed E-state index contributed by atoms with van der Waals surface area (Å²) in [5, 5.41) is 0. The van der Waals surface area contributed by atoms with Gasteiger partial charge < -0.3 is 4.74 Å². The van der Waals surface area contributed by atoms with Crippen LogP contribution in [0.15, 0.2) is 0 Å². The summed E-state index contributed by atoms with van der Waals surface area (Å²) in [6, 6.07) is 0. The largest absolute Gasteiger partial charge is 0.364 e. The smallest absolute Gasteiger partial charge is 0.118 e. The quantitative estimate of drug-likeness (QED) is 0.667. The Labute approximate surface area is 82.3 Å². The summed E-state index contributed by atoms with van der Waals surface area (Å²) in [7, 11) is 1.84. The van der Waals surface area contributed by atoms with Gasteiger partial charge in [-0.15, -0.1) is 0 Å². The van der Waals surface area contributed by atoms with E-state index in [0.29, 0.717) is 0 Å². The third-order valence-corrected chi connectivity index (χ3v) is 3.21. The fraction of sp³-hybridized carbons (Fsp3) is 1.00. The monoisotopic (exact) mass is 185 g/mol. The summed E-state index contributed by atoms with van der Waals surface area (Å²) < 4.78 is 5.61. The number of hydrogen-bond donors (Lipinski definition) is 0. The maximum absolute atomic E-state index is 5.61. The van der Waals surface area contributed by atoms with Gasteiger partial charge in [0.15, 0.2) is 0 Å². The second-order valence-corrected chi connectivity index (χ2v) is 4.18. The molecule has 0 aromatic rings. The van der Waals surface area contributed by atoms with E-state index in [9.17, 15) is 0 Å². The average Bonchev–Trinajstić information content (AvgIpc) is 2.17. The van der Waals surface area contributed by atoms with Crippen LogP contribution < -0.4 is 0 Å². The zero-order chi connectivity index (χ0) is 9.73. The van der Waals surface area contributed by atoms with Gasteiger partial charge in [-0.2, -0.15) is 0 Å². The number of hydrogen-bond acceptors (Lipinski definition) is 2. The minimum absolute atomic E-state index is 0.0212. The normalized spacial score (nSPS) is 30.7. The van der Waals surface area contributed by atoms with E-state index in [0.717, 1.165) is 0 Å². The summed E-state index contributed by atoms with van der Waals surface area (Å²) in [4.78, 5) is 2.50. The molecule has 1 saturated heterocycles. The molecule has 1 unspecified atom stereocenters. The highest BCUT2D eigenvalue weighted by atomic mass is 16.5. The Kier molecular flexibility index (Phi) is 4.20. The van der Waals surface area contributed by atoms with Gasteiger partial charge in [0, 0.05) is 20.2 Å². The Balaban J connectivity index is 2.46. The van der Waals surface area contributed by atoms with E-state index >= 15 is 0 Å². The van der Waals surface area contributed by atoms with Crippen molar-refractivity contribution in [2.45, 2.75) is 51.7 Å². The fourth-order valence-corrected chi connectivity index (χ4v) is 2.08. The third kappa shape index (κ3) is 2.68. The lowest BCUT2D eigenvalue weighted by Crippen LogP contribution is -2.51. The number of rotatable bonds is 4. The van der Waals surface area contributed by atoms with Gasteiger partial charge in [0.2, 0.25) is 0 Å². The van der Waals surface area contributed by atoms with Crippen molar-refractivity contribution in [3.63, 3.8) is 0 Å². The lowest BCUT2D eigenvalue weighted by molar-refractivity contribution is -0.143. The predicted octanol–water partition coefficient (Wildman–Crippen LogP) is 2.64. The molecule has 0 saturated carbocycles. The number of methoxy groups -OCH3 is 1. The molecule has 1 rings (SSSR count). The van der Waals surface area contributed by atoms with Crippen LogP contribution in [0, 0.1) is 0 Å². The van der Waals surface area contributed by atoms with Gasteiger partial charge in [0.25, 0.3) is 0 Å². The first kappa shape index (κ1) is 11.0. The molecule has 1 aliphatic rings. The lowest BCUT2D eigenvalue weighted by atomic mass is 9.99. The van der Waals surface area contributed by atoms with Crippen LogP contribution in [0.4, 0.5) is 0 Å². The van der Waals surface area contributed by atoms with Crippen molar-refractivity contribution in [3.05, 3.63) is 0 Å². The van der Waals surface area contributed by atoms with E-state index in [4.69, 9.17) is 4.74 Å². The molecule has 0 aromatic heterocycles. The van der Waals surface area contributed by atoms with E-state index in [2.05, 4.69) is 18.7 Å². The Morgan fingerprint density at radius 3 is 2.77 bits per heavy atom. The third-order valence-electron chi connectivity index (χ3n) is 3.21.